The molecule has 1 aromatic rings. The summed E-state index contributed by atoms with van der Waals surface area (Å²) in [5, 5.41) is 3.57. The van der Waals surface area contributed by atoms with Crippen LogP contribution in [0, 0.1) is 0 Å². The molecule has 108 valence electrons. The number of carbonyl (C=O) groups is 2. The van der Waals surface area contributed by atoms with Crippen molar-refractivity contribution >= 4 is 11.7 Å². The van der Waals surface area contributed by atoms with Crippen LogP contribution in [0.3, 0.4) is 0 Å². The Morgan fingerprint density at radius 3 is 2.70 bits per heavy atom. The van der Waals surface area contributed by atoms with Crippen LogP contribution in [0.15, 0.2) is 12.3 Å². The molecule has 0 spiro atoms. The molecule has 2 aliphatic rings. The van der Waals surface area contributed by atoms with E-state index in [1.807, 2.05) is 11.9 Å². The molecule has 3 heterocycles. The van der Waals surface area contributed by atoms with E-state index in [0.717, 1.165) is 25.9 Å². The van der Waals surface area contributed by atoms with Gasteiger partial charge in [-0.1, -0.05) is 0 Å². The van der Waals surface area contributed by atoms with Gasteiger partial charge < -0.3 is 14.8 Å². The topological polar surface area (TPSA) is 54.3 Å². The van der Waals surface area contributed by atoms with E-state index in [2.05, 4.69) is 5.32 Å². The van der Waals surface area contributed by atoms with E-state index >= 15 is 0 Å². The van der Waals surface area contributed by atoms with Crippen LogP contribution in [0.2, 0.25) is 0 Å². The molecule has 2 saturated heterocycles. The van der Waals surface area contributed by atoms with Crippen LogP contribution >= 0.6 is 0 Å². The fraction of sp³-hybridized carbons (Fsp3) is 0.600. The Morgan fingerprint density at radius 1 is 1.25 bits per heavy atom. The molecule has 5 nitrogen and oxygen atoms in total. The van der Waals surface area contributed by atoms with Gasteiger partial charge >= 0.3 is 0 Å². The number of nitrogens with zero attached hydrogens (tertiary/aromatic N) is 2. The number of rotatable bonds is 2. The molecular formula is C15H21N3O2. The molecule has 2 bridgehead atoms. The molecule has 2 aliphatic heterocycles. The second kappa shape index (κ2) is 5.05. The van der Waals surface area contributed by atoms with Crippen molar-refractivity contribution in [1.29, 1.82) is 0 Å². The van der Waals surface area contributed by atoms with Crippen molar-refractivity contribution in [2.75, 3.05) is 13.1 Å². The molecule has 20 heavy (non-hydrogen) atoms. The summed E-state index contributed by atoms with van der Waals surface area (Å²) in [5.41, 5.74) is 1.21. The Hall–Kier alpha value is -1.62. The van der Waals surface area contributed by atoms with Crippen molar-refractivity contribution in [3.05, 3.63) is 23.5 Å². The highest BCUT2D eigenvalue weighted by atomic mass is 16.2. The molecule has 1 amide bonds. The average Bonchev–Trinajstić information content (AvgIpc) is 2.92. The summed E-state index contributed by atoms with van der Waals surface area (Å²) in [5.74, 6) is 0.0330. The predicted molar refractivity (Wildman–Crippen MR) is 75.9 cm³/mol. The summed E-state index contributed by atoms with van der Waals surface area (Å²) in [4.78, 5) is 26.0. The van der Waals surface area contributed by atoms with Crippen molar-refractivity contribution in [3.63, 3.8) is 0 Å². The predicted octanol–water partition coefficient (Wildman–Crippen LogP) is 1.19. The Labute approximate surface area is 118 Å². The number of aromatic nitrogens is 1. The molecule has 5 heteroatoms. The second-order valence-electron chi connectivity index (χ2n) is 5.96. The smallest absolute Gasteiger partial charge is 0.270 e. The van der Waals surface area contributed by atoms with Crippen LogP contribution in [-0.4, -0.2) is 46.3 Å². The van der Waals surface area contributed by atoms with Gasteiger partial charge in [-0.2, -0.15) is 0 Å². The van der Waals surface area contributed by atoms with E-state index in [1.54, 1.807) is 16.8 Å². The number of carbonyl (C=O) groups excluding carboxylic acids is 2. The van der Waals surface area contributed by atoms with Crippen LogP contribution in [0.25, 0.3) is 0 Å². The third-order valence-corrected chi connectivity index (χ3v) is 4.44. The first-order chi connectivity index (χ1) is 9.54. The summed E-state index contributed by atoms with van der Waals surface area (Å²) in [6.07, 6.45) is 5.13. The minimum absolute atomic E-state index is 0.00348. The average molecular weight is 275 g/mol. The normalized spacial score (nSPS) is 25.6. The summed E-state index contributed by atoms with van der Waals surface area (Å²) < 4.78 is 1.76. The third-order valence-electron chi connectivity index (χ3n) is 4.44. The molecule has 2 atom stereocenters. The zero-order valence-electron chi connectivity index (χ0n) is 12.1. The van der Waals surface area contributed by atoms with E-state index in [4.69, 9.17) is 0 Å². The highest BCUT2D eigenvalue weighted by Gasteiger charge is 2.32. The SMILES string of the molecule is CC(=O)c1cc(C(=O)N2CCC3CCC(C2)N3)n(C)c1. The van der Waals surface area contributed by atoms with Gasteiger partial charge in [0, 0.05) is 44.0 Å². The second-order valence-corrected chi connectivity index (χ2v) is 5.96. The number of ketones is 1. The molecule has 3 rings (SSSR count). The number of amides is 1. The van der Waals surface area contributed by atoms with Crippen LogP contribution < -0.4 is 5.32 Å². The molecule has 0 aromatic carbocycles. The number of fused-ring (bicyclic) bond motifs is 2. The highest BCUT2D eigenvalue weighted by molar-refractivity contribution is 5.99. The monoisotopic (exact) mass is 275 g/mol. The minimum Gasteiger partial charge on any atom is -0.346 e. The Bertz CT molecular complexity index is 549. The quantitative estimate of drug-likeness (QED) is 0.825. The minimum atomic E-state index is -0.00348. The standard InChI is InChI=1S/C15H21N3O2/c1-10(19)11-7-14(17(2)8-11)15(20)18-6-5-12-3-4-13(9-18)16-12/h7-8,12-13,16H,3-6,9H2,1-2H3. The van der Waals surface area contributed by atoms with Gasteiger partial charge in [-0.05, 0) is 32.3 Å². The number of hydrogen-bond acceptors (Lipinski definition) is 3. The lowest BCUT2D eigenvalue weighted by molar-refractivity contribution is 0.0738. The van der Waals surface area contributed by atoms with Crippen LogP contribution in [0.5, 0.6) is 0 Å². The first-order valence-electron chi connectivity index (χ1n) is 7.27. The first kappa shape index (κ1) is 13.4. The summed E-state index contributed by atoms with van der Waals surface area (Å²) in [7, 11) is 1.82. The molecule has 1 aromatic heterocycles. The van der Waals surface area contributed by atoms with Gasteiger partial charge in [0.2, 0.25) is 0 Å². The van der Waals surface area contributed by atoms with Crippen molar-refractivity contribution in [2.24, 2.45) is 7.05 Å². The highest BCUT2D eigenvalue weighted by Crippen LogP contribution is 2.22. The summed E-state index contributed by atoms with van der Waals surface area (Å²) >= 11 is 0. The van der Waals surface area contributed by atoms with Crippen LogP contribution in [-0.2, 0) is 7.05 Å². The van der Waals surface area contributed by atoms with E-state index < -0.39 is 0 Å². The first-order valence-corrected chi connectivity index (χ1v) is 7.27. The fourth-order valence-electron chi connectivity index (χ4n) is 3.26. The largest absolute Gasteiger partial charge is 0.346 e. The Kier molecular flexibility index (Phi) is 3.38. The maximum absolute atomic E-state index is 12.7. The zero-order valence-corrected chi connectivity index (χ0v) is 12.1. The number of nitrogens with one attached hydrogen (secondary N) is 1. The lowest BCUT2D eigenvalue weighted by Crippen LogP contribution is -2.39. The van der Waals surface area contributed by atoms with Gasteiger partial charge in [0.1, 0.15) is 5.69 Å². The van der Waals surface area contributed by atoms with Crippen molar-refractivity contribution in [2.45, 2.75) is 38.3 Å². The number of hydrogen-bond donors (Lipinski definition) is 1. The maximum atomic E-state index is 12.7. The molecular weight excluding hydrogens is 254 g/mol. The fourth-order valence-corrected chi connectivity index (χ4v) is 3.26. The van der Waals surface area contributed by atoms with Gasteiger partial charge in [-0.15, -0.1) is 0 Å². The number of likely N-dealkylation sites (tertiary alicyclic amines) is 1. The molecule has 0 radical (unpaired) electrons. The van der Waals surface area contributed by atoms with Gasteiger partial charge in [0.05, 0.1) is 0 Å². The molecule has 2 unspecified atom stereocenters. The lowest BCUT2D eigenvalue weighted by atomic mass is 10.1. The molecule has 0 aliphatic carbocycles. The van der Waals surface area contributed by atoms with E-state index in [1.165, 1.54) is 13.3 Å². The van der Waals surface area contributed by atoms with Gasteiger partial charge in [-0.3, -0.25) is 9.59 Å². The van der Waals surface area contributed by atoms with Gasteiger partial charge in [0.25, 0.3) is 5.91 Å². The summed E-state index contributed by atoms with van der Waals surface area (Å²) in [6, 6.07) is 2.71. The number of Topliss-reactive ketones (excluding diaryl/α,β-unsaturated/α-hetero) is 1. The molecule has 2 fully saturated rings. The Balaban J connectivity index is 1.80. The maximum Gasteiger partial charge on any atom is 0.270 e. The van der Waals surface area contributed by atoms with Crippen LogP contribution in [0.1, 0.15) is 47.0 Å². The Morgan fingerprint density at radius 2 is 2.00 bits per heavy atom. The van der Waals surface area contributed by atoms with Crippen molar-refractivity contribution in [1.82, 2.24) is 14.8 Å². The van der Waals surface area contributed by atoms with E-state index in [-0.39, 0.29) is 11.7 Å². The van der Waals surface area contributed by atoms with Crippen LogP contribution in [0.4, 0.5) is 0 Å². The van der Waals surface area contributed by atoms with E-state index in [9.17, 15) is 9.59 Å². The van der Waals surface area contributed by atoms with Crippen molar-refractivity contribution < 1.29 is 9.59 Å². The third kappa shape index (κ3) is 2.38. The molecule has 0 saturated carbocycles. The number of aryl methyl sites for hydroxylation is 1. The van der Waals surface area contributed by atoms with Crippen molar-refractivity contribution in [3.8, 4) is 0 Å². The van der Waals surface area contributed by atoms with Gasteiger partial charge in [0.15, 0.2) is 5.78 Å². The van der Waals surface area contributed by atoms with E-state index in [0.29, 0.717) is 23.3 Å². The zero-order chi connectivity index (χ0) is 14.3. The molecule has 1 N–H and O–H groups in total. The summed E-state index contributed by atoms with van der Waals surface area (Å²) in [6.45, 7) is 3.10. The lowest BCUT2D eigenvalue weighted by Gasteiger charge is -2.24. The van der Waals surface area contributed by atoms with Gasteiger partial charge in [-0.25, -0.2) is 0 Å².